The van der Waals surface area contributed by atoms with Crippen LogP contribution >= 0.6 is 0 Å². The Labute approximate surface area is 160 Å². The lowest BCUT2D eigenvalue weighted by atomic mass is 10.1. The van der Waals surface area contributed by atoms with E-state index in [1.807, 2.05) is 0 Å². The van der Waals surface area contributed by atoms with Crippen LogP contribution in [0.2, 0.25) is 0 Å². The van der Waals surface area contributed by atoms with Gasteiger partial charge in [0.25, 0.3) is 5.91 Å². The van der Waals surface area contributed by atoms with Gasteiger partial charge < -0.3 is 15.2 Å². The molecule has 0 saturated carbocycles. The molecule has 1 unspecified atom stereocenters. The minimum Gasteiger partial charge on any atom is -0.339 e. The van der Waals surface area contributed by atoms with Crippen molar-refractivity contribution in [2.45, 2.75) is 31.8 Å². The number of aromatic nitrogens is 5. The van der Waals surface area contributed by atoms with Gasteiger partial charge in [-0.3, -0.25) is 4.79 Å². The molecule has 28 heavy (non-hydrogen) atoms. The molecule has 2 aromatic heterocycles. The summed E-state index contributed by atoms with van der Waals surface area (Å²) >= 11 is 0. The molecule has 1 saturated heterocycles. The Morgan fingerprint density at radius 1 is 1.39 bits per heavy atom. The minimum absolute atomic E-state index is 0.221. The van der Waals surface area contributed by atoms with Gasteiger partial charge in [0.2, 0.25) is 11.7 Å². The monoisotopic (exact) mass is 385 g/mol. The molecule has 10 heteroatoms. The molecular formula is C18H20FN7O2. The molecule has 1 amide bonds. The van der Waals surface area contributed by atoms with E-state index in [0.29, 0.717) is 5.56 Å². The summed E-state index contributed by atoms with van der Waals surface area (Å²) in [5, 5.41) is 18.0. The van der Waals surface area contributed by atoms with Gasteiger partial charge in [-0.25, -0.2) is 9.07 Å². The van der Waals surface area contributed by atoms with E-state index in [0.717, 1.165) is 25.9 Å². The van der Waals surface area contributed by atoms with E-state index >= 15 is 0 Å². The predicted octanol–water partition coefficient (Wildman–Crippen LogP) is 1.88. The van der Waals surface area contributed by atoms with Crippen molar-refractivity contribution in [2.75, 3.05) is 13.1 Å². The maximum atomic E-state index is 13.4. The second-order valence-electron chi connectivity index (χ2n) is 6.73. The summed E-state index contributed by atoms with van der Waals surface area (Å²) in [6.07, 6.45) is 3.56. The molecule has 0 aliphatic carbocycles. The number of piperidine rings is 1. The minimum atomic E-state index is -0.536. The highest BCUT2D eigenvalue weighted by atomic mass is 19.1. The molecule has 9 nitrogen and oxygen atoms in total. The van der Waals surface area contributed by atoms with E-state index in [4.69, 9.17) is 4.52 Å². The molecule has 3 heterocycles. The summed E-state index contributed by atoms with van der Waals surface area (Å²) in [4.78, 5) is 16.7. The fourth-order valence-electron chi connectivity index (χ4n) is 3.12. The number of hydrogen-bond donors (Lipinski definition) is 2. The number of rotatable bonds is 5. The third kappa shape index (κ3) is 3.91. The number of halogens is 1. The lowest BCUT2D eigenvalue weighted by Crippen LogP contribution is -2.29. The summed E-state index contributed by atoms with van der Waals surface area (Å²) in [6, 6.07) is 5.61. The fourth-order valence-corrected chi connectivity index (χ4v) is 3.12. The van der Waals surface area contributed by atoms with Crippen LogP contribution in [0.1, 0.15) is 48.2 Å². The quantitative estimate of drug-likeness (QED) is 0.690. The van der Waals surface area contributed by atoms with Crippen molar-refractivity contribution >= 4 is 5.91 Å². The van der Waals surface area contributed by atoms with E-state index in [-0.39, 0.29) is 35.2 Å². The molecule has 0 spiro atoms. The number of amides is 1. The van der Waals surface area contributed by atoms with Crippen molar-refractivity contribution in [3.8, 4) is 11.4 Å². The first kappa shape index (κ1) is 18.2. The maximum Gasteiger partial charge on any atom is 0.274 e. The lowest BCUT2D eigenvalue weighted by Gasteiger charge is -2.22. The van der Waals surface area contributed by atoms with Gasteiger partial charge in [-0.05, 0) is 45.0 Å². The highest BCUT2D eigenvalue weighted by Gasteiger charge is 2.22. The fraction of sp³-hybridized carbons (Fsp3) is 0.389. The van der Waals surface area contributed by atoms with Gasteiger partial charge in [-0.2, -0.15) is 4.98 Å². The average molecular weight is 385 g/mol. The summed E-state index contributed by atoms with van der Waals surface area (Å²) < 4.78 is 20.3. The highest BCUT2D eigenvalue weighted by molar-refractivity contribution is 5.92. The van der Waals surface area contributed by atoms with E-state index in [2.05, 4.69) is 31.1 Å². The number of hydrogen-bond acceptors (Lipinski definition) is 7. The molecule has 1 aromatic carbocycles. The van der Waals surface area contributed by atoms with Gasteiger partial charge >= 0.3 is 0 Å². The standard InChI is InChI=1S/C18H20FN7O2/c1-11(18-22-16(24-28-18)12-3-2-4-13(19)9-12)21-17(27)15-10-26(25-23-15)14-5-7-20-8-6-14/h2-4,9-11,14,20H,5-8H2,1H3,(H,21,27). The van der Waals surface area contributed by atoms with Crippen molar-refractivity contribution in [3.05, 3.63) is 47.9 Å². The molecule has 0 radical (unpaired) electrons. The number of carbonyl (C=O) groups excluding carboxylic acids is 1. The first-order valence-corrected chi connectivity index (χ1v) is 9.13. The third-order valence-corrected chi connectivity index (χ3v) is 4.67. The van der Waals surface area contributed by atoms with Crippen molar-refractivity contribution in [2.24, 2.45) is 0 Å². The van der Waals surface area contributed by atoms with Gasteiger partial charge in [0, 0.05) is 5.56 Å². The van der Waals surface area contributed by atoms with Crippen LogP contribution in [0.3, 0.4) is 0 Å². The zero-order chi connectivity index (χ0) is 19.5. The van der Waals surface area contributed by atoms with Crippen LogP contribution in [0, 0.1) is 5.82 Å². The summed E-state index contributed by atoms with van der Waals surface area (Å²) in [7, 11) is 0. The van der Waals surface area contributed by atoms with Gasteiger partial charge in [0.1, 0.15) is 11.9 Å². The maximum absolute atomic E-state index is 13.4. The van der Waals surface area contributed by atoms with E-state index < -0.39 is 6.04 Å². The zero-order valence-corrected chi connectivity index (χ0v) is 15.3. The Bertz CT molecular complexity index is 964. The van der Waals surface area contributed by atoms with Crippen molar-refractivity contribution in [1.82, 2.24) is 35.8 Å². The van der Waals surface area contributed by atoms with E-state index in [1.165, 1.54) is 12.1 Å². The SMILES string of the molecule is CC(NC(=O)c1cn(C2CCNCC2)nn1)c1nc(-c2cccc(F)c2)no1. The van der Waals surface area contributed by atoms with Crippen molar-refractivity contribution in [1.29, 1.82) is 0 Å². The molecule has 146 valence electrons. The number of carbonyl (C=O) groups is 1. The van der Waals surface area contributed by atoms with Crippen LogP contribution in [0.25, 0.3) is 11.4 Å². The molecular weight excluding hydrogens is 365 g/mol. The van der Waals surface area contributed by atoms with Crippen molar-refractivity contribution in [3.63, 3.8) is 0 Å². The zero-order valence-electron chi connectivity index (χ0n) is 15.3. The summed E-state index contributed by atoms with van der Waals surface area (Å²) in [5.41, 5.74) is 0.730. The lowest BCUT2D eigenvalue weighted by molar-refractivity contribution is 0.0927. The second-order valence-corrected chi connectivity index (χ2v) is 6.73. The summed E-state index contributed by atoms with van der Waals surface area (Å²) in [6.45, 7) is 3.57. The Balaban J connectivity index is 1.41. The van der Waals surface area contributed by atoms with Crippen LogP contribution < -0.4 is 10.6 Å². The van der Waals surface area contributed by atoms with Crippen molar-refractivity contribution < 1.29 is 13.7 Å². The molecule has 1 atom stereocenters. The molecule has 3 aromatic rings. The van der Waals surface area contributed by atoms with Crippen LogP contribution in [-0.4, -0.2) is 44.1 Å². The topological polar surface area (TPSA) is 111 Å². The van der Waals surface area contributed by atoms with Crippen LogP contribution in [0.5, 0.6) is 0 Å². The molecule has 1 aliphatic heterocycles. The average Bonchev–Trinajstić information content (AvgIpc) is 3.39. The van der Waals surface area contributed by atoms with Gasteiger partial charge in [0.05, 0.1) is 12.2 Å². The molecule has 1 aliphatic rings. The summed E-state index contributed by atoms with van der Waals surface area (Å²) in [5.74, 6) is -0.286. The second kappa shape index (κ2) is 7.85. The Morgan fingerprint density at radius 3 is 3.00 bits per heavy atom. The van der Waals surface area contributed by atoms with Crippen LogP contribution in [0.4, 0.5) is 4.39 Å². The van der Waals surface area contributed by atoms with E-state index in [9.17, 15) is 9.18 Å². The van der Waals surface area contributed by atoms with Crippen LogP contribution in [0.15, 0.2) is 35.0 Å². The number of nitrogens with zero attached hydrogens (tertiary/aromatic N) is 5. The van der Waals surface area contributed by atoms with Gasteiger partial charge in [-0.15, -0.1) is 5.10 Å². The number of nitrogens with one attached hydrogen (secondary N) is 2. The normalized spacial score (nSPS) is 16.1. The Kier molecular flexibility index (Phi) is 5.11. The Morgan fingerprint density at radius 2 is 2.21 bits per heavy atom. The van der Waals surface area contributed by atoms with Gasteiger partial charge in [-0.1, -0.05) is 22.5 Å². The smallest absolute Gasteiger partial charge is 0.274 e. The van der Waals surface area contributed by atoms with Crippen LogP contribution in [-0.2, 0) is 0 Å². The van der Waals surface area contributed by atoms with E-state index in [1.54, 1.807) is 29.9 Å². The number of benzene rings is 1. The predicted molar refractivity (Wildman–Crippen MR) is 96.7 cm³/mol. The molecule has 0 bridgehead atoms. The Hall–Kier alpha value is -3.14. The molecule has 4 rings (SSSR count). The molecule has 1 fully saturated rings. The first-order valence-electron chi connectivity index (χ1n) is 9.13. The molecule has 2 N–H and O–H groups in total. The largest absolute Gasteiger partial charge is 0.339 e. The first-order chi connectivity index (χ1) is 13.6. The highest BCUT2D eigenvalue weighted by Crippen LogP contribution is 2.20. The van der Waals surface area contributed by atoms with Gasteiger partial charge in [0.15, 0.2) is 5.69 Å². The third-order valence-electron chi connectivity index (χ3n) is 4.67.